The Kier molecular flexibility index (Phi) is 3.95. The number of hydrogen-bond donors (Lipinski definition) is 1. The fourth-order valence-electron chi connectivity index (χ4n) is 2.45. The largest absolute Gasteiger partial charge is 0.330 e. The fourth-order valence-corrected chi connectivity index (χ4v) is 3.09. The summed E-state index contributed by atoms with van der Waals surface area (Å²) in [6.07, 6.45) is 1.26. The smallest absolute Gasteiger partial charge is 0.0795 e. The van der Waals surface area contributed by atoms with Crippen molar-refractivity contribution in [2.75, 3.05) is 19.6 Å². The molecule has 0 bridgehead atoms. The third kappa shape index (κ3) is 2.44. The van der Waals surface area contributed by atoms with E-state index in [9.17, 15) is 0 Å². The molecule has 16 heavy (non-hydrogen) atoms. The minimum atomic E-state index is 0.438. The molecule has 4 heteroatoms. The molecular formula is C12H21N3S. The average molecular weight is 239 g/mol. The highest BCUT2D eigenvalue weighted by Crippen LogP contribution is 2.29. The van der Waals surface area contributed by atoms with Crippen LogP contribution in [0.25, 0.3) is 0 Å². The predicted octanol–water partition coefficient (Wildman–Crippen LogP) is 2.12. The van der Waals surface area contributed by atoms with Gasteiger partial charge < -0.3 is 5.73 Å². The van der Waals surface area contributed by atoms with E-state index in [2.05, 4.69) is 29.1 Å². The van der Waals surface area contributed by atoms with Crippen molar-refractivity contribution in [3.8, 4) is 0 Å². The molecule has 3 nitrogen and oxygen atoms in total. The maximum atomic E-state index is 5.83. The van der Waals surface area contributed by atoms with Gasteiger partial charge >= 0.3 is 0 Å². The van der Waals surface area contributed by atoms with Crippen LogP contribution in [-0.4, -0.2) is 29.5 Å². The standard InChI is InChI=1S/C12H21N3S/c1-9-3-4-15(6-11(9)5-13)10(2)12-7-16-8-14-12/h7-11H,3-6,13H2,1-2H3. The summed E-state index contributed by atoms with van der Waals surface area (Å²) >= 11 is 1.68. The quantitative estimate of drug-likeness (QED) is 0.878. The molecule has 1 aromatic rings. The van der Waals surface area contributed by atoms with Gasteiger partial charge in [0.2, 0.25) is 0 Å². The van der Waals surface area contributed by atoms with Crippen molar-refractivity contribution < 1.29 is 0 Å². The van der Waals surface area contributed by atoms with Gasteiger partial charge in [-0.15, -0.1) is 11.3 Å². The molecule has 2 heterocycles. The minimum absolute atomic E-state index is 0.438. The number of aromatic nitrogens is 1. The van der Waals surface area contributed by atoms with E-state index in [1.165, 1.54) is 18.7 Å². The summed E-state index contributed by atoms with van der Waals surface area (Å²) in [6.45, 7) is 7.68. The normalized spacial score (nSPS) is 29.2. The van der Waals surface area contributed by atoms with Gasteiger partial charge in [0.05, 0.1) is 17.2 Å². The van der Waals surface area contributed by atoms with Gasteiger partial charge in [-0.1, -0.05) is 6.92 Å². The molecule has 2 N–H and O–H groups in total. The molecule has 0 aliphatic carbocycles. The summed E-state index contributed by atoms with van der Waals surface area (Å²) in [5.41, 5.74) is 8.95. The van der Waals surface area contributed by atoms with E-state index in [1.807, 2.05) is 5.51 Å². The lowest BCUT2D eigenvalue weighted by molar-refractivity contribution is 0.0964. The number of likely N-dealkylation sites (tertiary alicyclic amines) is 1. The zero-order chi connectivity index (χ0) is 11.5. The number of nitrogens with two attached hydrogens (primary N) is 1. The Morgan fingerprint density at radius 3 is 3.12 bits per heavy atom. The summed E-state index contributed by atoms with van der Waals surface area (Å²) in [5, 5.41) is 2.15. The first-order valence-electron chi connectivity index (χ1n) is 6.04. The van der Waals surface area contributed by atoms with E-state index < -0.39 is 0 Å². The zero-order valence-corrected chi connectivity index (χ0v) is 10.9. The van der Waals surface area contributed by atoms with Gasteiger partial charge in [-0.2, -0.15) is 0 Å². The van der Waals surface area contributed by atoms with Gasteiger partial charge in [0.25, 0.3) is 0 Å². The third-order valence-corrected chi connectivity index (χ3v) is 4.48. The Hall–Kier alpha value is -0.450. The van der Waals surface area contributed by atoms with Gasteiger partial charge in [0, 0.05) is 11.9 Å². The van der Waals surface area contributed by atoms with Crippen molar-refractivity contribution in [1.29, 1.82) is 0 Å². The SMILES string of the molecule is CC1CCN(C(C)c2cscn2)CC1CN. The molecule has 1 aromatic heterocycles. The van der Waals surface area contributed by atoms with E-state index in [-0.39, 0.29) is 0 Å². The minimum Gasteiger partial charge on any atom is -0.330 e. The Bertz CT molecular complexity index is 312. The molecule has 0 saturated carbocycles. The van der Waals surface area contributed by atoms with Gasteiger partial charge in [-0.25, -0.2) is 4.98 Å². The van der Waals surface area contributed by atoms with Gasteiger partial charge in [0.1, 0.15) is 0 Å². The molecule has 0 aromatic carbocycles. The van der Waals surface area contributed by atoms with Crippen molar-refractivity contribution in [2.24, 2.45) is 17.6 Å². The fraction of sp³-hybridized carbons (Fsp3) is 0.750. The van der Waals surface area contributed by atoms with E-state index in [0.29, 0.717) is 12.0 Å². The maximum Gasteiger partial charge on any atom is 0.0795 e. The number of rotatable bonds is 3. The second kappa shape index (κ2) is 5.25. The van der Waals surface area contributed by atoms with Gasteiger partial charge in [-0.05, 0) is 38.3 Å². The Labute approximate surface area is 102 Å². The molecule has 3 atom stereocenters. The van der Waals surface area contributed by atoms with E-state index in [4.69, 9.17) is 5.73 Å². The van der Waals surface area contributed by atoms with Gasteiger partial charge in [0.15, 0.2) is 0 Å². The molecule has 0 radical (unpaired) electrons. The van der Waals surface area contributed by atoms with Crippen LogP contribution in [0.15, 0.2) is 10.9 Å². The first kappa shape index (κ1) is 12.0. The van der Waals surface area contributed by atoms with Crippen molar-refractivity contribution in [2.45, 2.75) is 26.3 Å². The Morgan fingerprint density at radius 1 is 1.69 bits per heavy atom. The van der Waals surface area contributed by atoms with E-state index in [0.717, 1.165) is 19.0 Å². The first-order valence-corrected chi connectivity index (χ1v) is 6.99. The van der Waals surface area contributed by atoms with Crippen LogP contribution in [0, 0.1) is 11.8 Å². The summed E-state index contributed by atoms with van der Waals surface area (Å²) in [5.74, 6) is 1.42. The van der Waals surface area contributed by atoms with Crippen LogP contribution in [0.4, 0.5) is 0 Å². The molecule has 0 amide bonds. The van der Waals surface area contributed by atoms with Crippen LogP contribution < -0.4 is 5.73 Å². The molecule has 90 valence electrons. The van der Waals surface area contributed by atoms with Crippen LogP contribution in [-0.2, 0) is 0 Å². The second-order valence-electron chi connectivity index (χ2n) is 4.85. The average Bonchev–Trinajstić information content (AvgIpc) is 2.82. The van der Waals surface area contributed by atoms with Crippen LogP contribution in [0.2, 0.25) is 0 Å². The van der Waals surface area contributed by atoms with Crippen LogP contribution in [0.3, 0.4) is 0 Å². The molecule has 1 aliphatic heterocycles. The van der Waals surface area contributed by atoms with Crippen LogP contribution in [0.1, 0.15) is 32.0 Å². The predicted molar refractivity (Wildman–Crippen MR) is 68.4 cm³/mol. The third-order valence-electron chi connectivity index (χ3n) is 3.88. The summed E-state index contributed by atoms with van der Waals surface area (Å²) in [4.78, 5) is 6.93. The van der Waals surface area contributed by atoms with Crippen molar-refractivity contribution in [3.05, 3.63) is 16.6 Å². The highest BCUT2D eigenvalue weighted by Gasteiger charge is 2.28. The molecule has 0 spiro atoms. The van der Waals surface area contributed by atoms with E-state index in [1.54, 1.807) is 11.3 Å². The molecule has 3 unspecified atom stereocenters. The van der Waals surface area contributed by atoms with E-state index >= 15 is 0 Å². The second-order valence-corrected chi connectivity index (χ2v) is 5.56. The molecule has 1 aliphatic rings. The summed E-state index contributed by atoms with van der Waals surface area (Å²) in [7, 11) is 0. The zero-order valence-electron chi connectivity index (χ0n) is 10.1. The van der Waals surface area contributed by atoms with Crippen LogP contribution >= 0.6 is 11.3 Å². The number of thiazole rings is 1. The Balaban J connectivity index is 2.00. The monoisotopic (exact) mass is 239 g/mol. The highest BCUT2D eigenvalue weighted by atomic mass is 32.1. The lowest BCUT2D eigenvalue weighted by Gasteiger charge is -2.39. The van der Waals surface area contributed by atoms with Gasteiger partial charge in [-0.3, -0.25) is 4.90 Å². The summed E-state index contributed by atoms with van der Waals surface area (Å²) < 4.78 is 0. The number of hydrogen-bond acceptors (Lipinski definition) is 4. The molecular weight excluding hydrogens is 218 g/mol. The highest BCUT2D eigenvalue weighted by molar-refractivity contribution is 7.07. The molecule has 1 saturated heterocycles. The van der Waals surface area contributed by atoms with Crippen molar-refractivity contribution >= 4 is 11.3 Å². The van der Waals surface area contributed by atoms with Crippen molar-refractivity contribution in [1.82, 2.24) is 9.88 Å². The van der Waals surface area contributed by atoms with Crippen LogP contribution in [0.5, 0.6) is 0 Å². The molecule has 2 rings (SSSR count). The topological polar surface area (TPSA) is 42.2 Å². The summed E-state index contributed by atoms with van der Waals surface area (Å²) in [6, 6.07) is 0.438. The number of piperidine rings is 1. The van der Waals surface area contributed by atoms with Crippen molar-refractivity contribution in [3.63, 3.8) is 0 Å². The Morgan fingerprint density at radius 2 is 2.50 bits per heavy atom. The lowest BCUT2D eigenvalue weighted by Crippen LogP contribution is -2.43. The first-order chi connectivity index (χ1) is 7.72. The maximum absolute atomic E-state index is 5.83. The lowest BCUT2D eigenvalue weighted by atomic mass is 9.86. The molecule has 1 fully saturated rings. The number of nitrogens with zero attached hydrogens (tertiary/aromatic N) is 2.